The van der Waals surface area contributed by atoms with Crippen molar-refractivity contribution >= 4 is 51.7 Å². The second-order valence-corrected chi connectivity index (χ2v) is 6.56. The largest absolute Gasteiger partial charge is 0.369 e. The minimum Gasteiger partial charge on any atom is -0.369 e. The number of nitrogens with zero attached hydrogens (tertiary/aromatic N) is 1. The van der Waals surface area contributed by atoms with Crippen molar-refractivity contribution in [3.05, 3.63) is 26.5 Å². The normalized spacial score (nSPS) is 11.9. The average molecular weight is 375 g/mol. The number of hydrogen-bond donors (Lipinski definition) is 2. The maximum Gasteiger partial charge on any atom is 0.224 e. The van der Waals surface area contributed by atoms with Gasteiger partial charge in [-0.25, -0.2) is 0 Å². The molecule has 96 valence electrons. The summed E-state index contributed by atoms with van der Waals surface area (Å²) in [5, 5.41) is 0. The van der Waals surface area contributed by atoms with Crippen LogP contribution in [0.15, 0.2) is 18.2 Å². The van der Waals surface area contributed by atoms with Gasteiger partial charge in [0.2, 0.25) is 5.91 Å². The molecule has 3 N–H and O–H groups in total. The summed E-state index contributed by atoms with van der Waals surface area (Å²) in [6, 6.07) is 6.04. The molecule has 0 atom stereocenters. The molecule has 0 fully saturated rings. The van der Waals surface area contributed by atoms with E-state index in [1.807, 2.05) is 36.6 Å². The molecule has 2 aromatic rings. The molecule has 2 rings (SSSR count). The topological polar surface area (TPSA) is 63.8 Å². The summed E-state index contributed by atoms with van der Waals surface area (Å²) in [7, 11) is 0. The zero-order valence-corrected chi connectivity index (χ0v) is 13.1. The smallest absolute Gasteiger partial charge is 0.224 e. The number of benzene rings is 1. The lowest BCUT2D eigenvalue weighted by Crippen LogP contribution is -2.35. The number of H-pyrrole nitrogens is 1. The number of nitrogens with two attached hydrogens (primary N) is 1. The van der Waals surface area contributed by atoms with Crippen LogP contribution in [0, 0.1) is 13.8 Å². The van der Waals surface area contributed by atoms with Crippen molar-refractivity contribution in [3.63, 3.8) is 0 Å². The first kappa shape index (κ1) is 13.5. The zero-order chi connectivity index (χ0) is 13.5. The summed E-state index contributed by atoms with van der Waals surface area (Å²) in [5.74, 6) is -0.329. The molecule has 0 aliphatic heterocycles. The number of nitrogens with one attached hydrogen (secondary N) is 1. The number of rotatable bonds is 3. The molecule has 6 heteroatoms. The van der Waals surface area contributed by atoms with E-state index in [-0.39, 0.29) is 5.91 Å². The standard InChI is InChI=1S/C12H14IN3OS/c1-12(2,10(14)17)6-16-9-4-3-7(13)5-8(9)15-11(16)18/h3-5H,6H2,1-2H3,(H2,14,17)(H,15,18). The highest BCUT2D eigenvalue weighted by atomic mass is 127. The number of hydrogen-bond acceptors (Lipinski definition) is 2. The van der Waals surface area contributed by atoms with E-state index in [1.54, 1.807) is 0 Å². The van der Waals surface area contributed by atoms with E-state index in [4.69, 9.17) is 18.0 Å². The van der Waals surface area contributed by atoms with Crippen LogP contribution in [-0.2, 0) is 11.3 Å². The van der Waals surface area contributed by atoms with E-state index in [0.29, 0.717) is 11.3 Å². The Labute approximate surface area is 124 Å². The fourth-order valence-electron chi connectivity index (χ4n) is 1.77. The van der Waals surface area contributed by atoms with Gasteiger partial charge in [-0.2, -0.15) is 0 Å². The zero-order valence-electron chi connectivity index (χ0n) is 10.2. The Bertz CT molecular complexity index is 672. The summed E-state index contributed by atoms with van der Waals surface area (Å²) in [6.45, 7) is 4.12. The maximum atomic E-state index is 11.4. The Balaban J connectivity index is 2.55. The van der Waals surface area contributed by atoms with Crippen molar-refractivity contribution < 1.29 is 4.79 Å². The molecule has 18 heavy (non-hydrogen) atoms. The summed E-state index contributed by atoms with van der Waals surface area (Å²) >= 11 is 7.55. The fourth-order valence-corrected chi connectivity index (χ4v) is 2.53. The molecule has 0 aliphatic carbocycles. The molecule has 1 amide bonds. The molecule has 0 unspecified atom stereocenters. The van der Waals surface area contributed by atoms with Crippen LogP contribution in [0.4, 0.5) is 0 Å². The highest BCUT2D eigenvalue weighted by Gasteiger charge is 2.26. The molecule has 0 saturated heterocycles. The first-order valence-electron chi connectivity index (χ1n) is 5.49. The lowest BCUT2D eigenvalue weighted by atomic mass is 9.92. The molecular formula is C12H14IN3OS. The van der Waals surface area contributed by atoms with Crippen molar-refractivity contribution in [1.29, 1.82) is 0 Å². The lowest BCUT2D eigenvalue weighted by molar-refractivity contribution is -0.126. The van der Waals surface area contributed by atoms with Gasteiger partial charge in [-0.05, 0) is 66.9 Å². The number of amides is 1. The molecule has 0 saturated carbocycles. The molecule has 4 nitrogen and oxygen atoms in total. The van der Waals surface area contributed by atoms with Crippen LogP contribution in [-0.4, -0.2) is 15.5 Å². The van der Waals surface area contributed by atoms with Gasteiger partial charge in [0.05, 0.1) is 16.4 Å². The van der Waals surface area contributed by atoms with Crippen molar-refractivity contribution in [1.82, 2.24) is 9.55 Å². The third kappa shape index (κ3) is 2.44. The number of carbonyl (C=O) groups excluding carboxylic acids is 1. The summed E-state index contributed by atoms with van der Waals surface area (Å²) in [4.78, 5) is 14.6. The molecule has 1 heterocycles. The van der Waals surface area contributed by atoms with Crippen molar-refractivity contribution in [3.8, 4) is 0 Å². The van der Waals surface area contributed by atoms with Gasteiger partial charge in [0.15, 0.2) is 4.77 Å². The Morgan fingerprint density at radius 2 is 2.22 bits per heavy atom. The van der Waals surface area contributed by atoms with E-state index in [0.717, 1.165) is 14.6 Å². The van der Waals surface area contributed by atoms with Gasteiger partial charge in [0.25, 0.3) is 0 Å². The van der Waals surface area contributed by atoms with Gasteiger partial charge in [-0.3, -0.25) is 4.79 Å². The second-order valence-electron chi connectivity index (χ2n) is 4.93. The quantitative estimate of drug-likeness (QED) is 0.640. The Morgan fingerprint density at radius 3 is 2.83 bits per heavy atom. The Kier molecular flexibility index (Phi) is 3.50. The monoisotopic (exact) mass is 375 g/mol. The highest BCUT2D eigenvalue weighted by molar-refractivity contribution is 14.1. The third-order valence-electron chi connectivity index (χ3n) is 2.96. The highest BCUT2D eigenvalue weighted by Crippen LogP contribution is 2.23. The van der Waals surface area contributed by atoms with Crippen LogP contribution in [0.25, 0.3) is 11.0 Å². The predicted molar refractivity (Wildman–Crippen MR) is 82.8 cm³/mol. The Morgan fingerprint density at radius 1 is 1.56 bits per heavy atom. The number of aromatic amines is 1. The van der Waals surface area contributed by atoms with Gasteiger partial charge in [-0.1, -0.05) is 0 Å². The average Bonchev–Trinajstić information content (AvgIpc) is 2.54. The summed E-state index contributed by atoms with van der Waals surface area (Å²) in [6.07, 6.45) is 0. The molecule has 0 aliphatic rings. The van der Waals surface area contributed by atoms with Gasteiger partial charge >= 0.3 is 0 Å². The van der Waals surface area contributed by atoms with Crippen LogP contribution >= 0.6 is 34.8 Å². The summed E-state index contributed by atoms with van der Waals surface area (Å²) in [5.41, 5.74) is 6.75. The molecular weight excluding hydrogens is 361 g/mol. The molecule has 1 aromatic carbocycles. The first-order valence-corrected chi connectivity index (χ1v) is 6.98. The van der Waals surface area contributed by atoms with Crippen molar-refractivity contribution in [2.75, 3.05) is 0 Å². The number of carbonyl (C=O) groups is 1. The molecule has 0 radical (unpaired) electrons. The first-order chi connectivity index (χ1) is 8.31. The third-order valence-corrected chi connectivity index (χ3v) is 3.95. The molecule has 0 bridgehead atoms. The number of imidazole rings is 1. The van der Waals surface area contributed by atoms with E-state index >= 15 is 0 Å². The van der Waals surface area contributed by atoms with Crippen LogP contribution < -0.4 is 5.73 Å². The molecule has 0 spiro atoms. The van der Waals surface area contributed by atoms with Crippen LogP contribution in [0.3, 0.4) is 0 Å². The number of halogens is 1. The van der Waals surface area contributed by atoms with Crippen LogP contribution in [0.2, 0.25) is 0 Å². The van der Waals surface area contributed by atoms with E-state index in [9.17, 15) is 4.79 Å². The van der Waals surface area contributed by atoms with E-state index in [1.165, 1.54) is 0 Å². The number of fused-ring (bicyclic) bond motifs is 1. The van der Waals surface area contributed by atoms with E-state index in [2.05, 4.69) is 27.6 Å². The van der Waals surface area contributed by atoms with Gasteiger partial charge < -0.3 is 15.3 Å². The minimum absolute atomic E-state index is 0.329. The van der Waals surface area contributed by atoms with Gasteiger partial charge in [-0.15, -0.1) is 0 Å². The fraction of sp³-hybridized carbons (Fsp3) is 0.333. The van der Waals surface area contributed by atoms with Crippen molar-refractivity contribution in [2.24, 2.45) is 11.1 Å². The predicted octanol–water partition coefficient (Wildman–Crippen LogP) is 2.81. The van der Waals surface area contributed by atoms with Gasteiger partial charge in [0.1, 0.15) is 0 Å². The van der Waals surface area contributed by atoms with E-state index < -0.39 is 5.41 Å². The molecule has 1 aromatic heterocycles. The second kappa shape index (κ2) is 4.65. The number of aromatic nitrogens is 2. The maximum absolute atomic E-state index is 11.4. The summed E-state index contributed by atoms with van der Waals surface area (Å²) < 4.78 is 3.67. The lowest BCUT2D eigenvalue weighted by Gasteiger charge is -2.21. The minimum atomic E-state index is -0.629. The SMILES string of the molecule is CC(C)(Cn1c(=S)[nH]c2cc(I)ccc21)C(N)=O. The van der Waals surface area contributed by atoms with Gasteiger partial charge in [0, 0.05) is 10.1 Å². The van der Waals surface area contributed by atoms with Crippen molar-refractivity contribution in [2.45, 2.75) is 20.4 Å². The Hall–Kier alpha value is -0.890. The van der Waals surface area contributed by atoms with Crippen LogP contribution in [0.5, 0.6) is 0 Å². The number of primary amides is 1. The van der Waals surface area contributed by atoms with Crippen LogP contribution in [0.1, 0.15) is 13.8 Å².